The molecule has 1 heterocycles. The number of fused-ring (bicyclic) bond motifs is 1. The summed E-state index contributed by atoms with van der Waals surface area (Å²) < 4.78 is 29.9. The van der Waals surface area contributed by atoms with Crippen LogP contribution in [0.1, 0.15) is 19.9 Å². The highest BCUT2D eigenvalue weighted by Crippen LogP contribution is 2.41. The van der Waals surface area contributed by atoms with E-state index in [4.69, 9.17) is 11.6 Å². The number of benzene rings is 2. The molecule has 0 saturated heterocycles. The lowest BCUT2D eigenvalue weighted by atomic mass is 10.2. The Balaban J connectivity index is 2.11. The summed E-state index contributed by atoms with van der Waals surface area (Å²) in [7, 11) is -4.35. The number of nitrogens with zero attached hydrogens (tertiary/aromatic N) is 4. The maximum Gasteiger partial charge on any atom is 0.300 e. The quantitative estimate of drug-likeness (QED) is 0.353. The number of rotatable bonds is 5. The molecule has 0 aliphatic heterocycles. The molecule has 0 aliphatic carbocycles. The number of sulfonamides is 1. The standard InChI is InChI=1S/C17H15ClN4O5S/c1-10(2)21-14-6-4-3-5-12(14)16(17(21)23)19-20-28(26,27)11-7-8-13(18)15(9-11)22(24)25/h3-10,23H,1-2H3. The molecular formula is C17H15ClN4O5S. The summed E-state index contributed by atoms with van der Waals surface area (Å²) >= 11 is 5.71. The second-order valence-corrected chi connectivity index (χ2v) is 8.17. The van der Waals surface area contributed by atoms with Crippen LogP contribution in [0, 0.1) is 10.1 Å². The molecule has 28 heavy (non-hydrogen) atoms. The van der Waals surface area contributed by atoms with Gasteiger partial charge in [0, 0.05) is 17.5 Å². The summed E-state index contributed by atoms with van der Waals surface area (Å²) in [4.78, 5) is 9.75. The highest BCUT2D eigenvalue weighted by Gasteiger charge is 2.22. The fourth-order valence-corrected chi connectivity index (χ4v) is 3.76. The van der Waals surface area contributed by atoms with Gasteiger partial charge >= 0.3 is 0 Å². The monoisotopic (exact) mass is 422 g/mol. The van der Waals surface area contributed by atoms with Crippen molar-refractivity contribution in [2.75, 3.05) is 0 Å². The van der Waals surface area contributed by atoms with Gasteiger partial charge in [0.2, 0.25) is 5.88 Å². The summed E-state index contributed by atoms with van der Waals surface area (Å²) in [6, 6.07) is 9.87. The summed E-state index contributed by atoms with van der Waals surface area (Å²) in [6.45, 7) is 3.72. The SMILES string of the molecule is CC(C)n1c(O)c(N=NS(=O)(=O)c2ccc(Cl)c([N+](=O)[O-])c2)c2ccccc21. The summed E-state index contributed by atoms with van der Waals surface area (Å²) in [5.74, 6) is -0.225. The Morgan fingerprint density at radius 3 is 2.54 bits per heavy atom. The predicted octanol–water partition coefficient (Wildman–Crippen LogP) is 4.96. The fraction of sp³-hybridized carbons (Fsp3) is 0.176. The van der Waals surface area contributed by atoms with Gasteiger partial charge in [-0.1, -0.05) is 34.3 Å². The molecule has 0 aliphatic rings. The van der Waals surface area contributed by atoms with Gasteiger partial charge in [0.1, 0.15) is 5.02 Å². The lowest BCUT2D eigenvalue weighted by Crippen LogP contribution is -1.99. The Morgan fingerprint density at radius 2 is 1.89 bits per heavy atom. The van der Waals surface area contributed by atoms with Gasteiger partial charge in [0.05, 0.1) is 15.3 Å². The Kier molecular flexibility index (Phi) is 5.09. The van der Waals surface area contributed by atoms with Crippen molar-refractivity contribution in [3.8, 4) is 5.88 Å². The fourth-order valence-electron chi connectivity index (χ4n) is 2.79. The topological polar surface area (TPSA) is 127 Å². The van der Waals surface area contributed by atoms with Gasteiger partial charge in [0.25, 0.3) is 15.7 Å². The van der Waals surface area contributed by atoms with Crippen molar-refractivity contribution < 1.29 is 18.4 Å². The van der Waals surface area contributed by atoms with E-state index in [1.54, 1.807) is 28.8 Å². The highest BCUT2D eigenvalue weighted by atomic mass is 35.5. The number of hydrogen-bond donors (Lipinski definition) is 1. The van der Waals surface area contributed by atoms with Crippen LogP contribution < -0.4 is 0 Å². The molecule has 1 aromatic heterocycles. The first-order chi connectivity index (χ1) is 13.1. The maximum atomic E-state index is 12.5. The van der Waals surface area contributed by atoms with Crippen LogP contribution in [0.15, 0.2) is 57.0 Å². The van der Waals surface area contributed by atoms with E-state index in [-0.39, 0.29) is 22.6 Å². The van der Waals surface area contributed by atoms with E-state index in [1.807, 2.05) is 13.8 Å². The van der Waals surface area contributed by atoms with Crippen molar-refractivity contribution in [1.82, 2.24) is 4.57 Å². The smallest absolute Gasteiger partial charge is 0.300 e. The van der Waals surface area contributed by atoms with E-state index >= 15 is 0 Å². The van der Waals surface area contributed by atoms with Crippen LogP contribution in [-0.2, 0) is 10.0 Å². The maximum absolute atomic E-state index is 12.5. The Labute approximate surface area is 165 Å². The first-order valence-electron chi connectivity index (χ1n) is 8.07. The zero-order chi connectivity index (χ0) is 20.6. The first-order valence-corrected chi connectivity index (χ1v) is 9.89. The molecule has 0 atom stereocenters. The van der Waals surface area contributed by atoms with Crippen molar-refractivity contribution in [1.29, 1.82) is 0 Å². The van der Waals surface area contributed by atoms with Crippen molar-refractivity contribution in [2.24, 2.45) is 9.63 Å². The van der Waals surface area contributed by atoms with Crippen LogP contribution in [0.25, 0.3) is 10.9 Å². The average molecular weight is 423 g/mol. The number of nitro benzene ring substituents is 1. The van der Waals surface area contributed by atoms with E-state index in [9.17, 15) is 23.6 Å². The molecule has 0 amide bonds. The summed E-state index contributed by atoms with van der Waals surface area (Å²) in [5, 5.41) is 25.6. The van der Waals surface area contributed by atoms with E-state index < -0.39 is 25.5 Å². The van der Waals surface area contributed by atoms with Gasteiger partial charge in [-0.15, -0.1) is 5.11 Å². The second kappa shape index (κ2) is 7.21. The lowest BCUT2D eigenvalue weighted by Gasteiger charge is -2.10. The van der Waals surface area contributed by atoms with Crippen LogP contribution in [-0.4, -0.2) is 23.0 Å². The molecule has 3 rings (SSSR count). The average Bonchev–Trinajstić information content (AvgIpc) is 2.91. The molecule has 0 bridgehead atoms. The largest absolute Gasteiger partial charge is 0.493 e. The van der Waals surface area contributed by atoms with Crippen LogP contribution in [0.5, 0.6) is 5.88 Å². The number of aromatic hydroxyl groups is 1. The van der Waals surface area contributed by atoms with Crippen molar-refractivity contribution >= 4 is 43.9 Å². The molecule has 0 fully saturated rings. The van der Waals surface area contributed by atoms with E-state index in [2.05, 4.69) is 9.63 Å². The Hall–Kier alpha value is -2.98. The number of hydrogen-bond acceptors (Lipinski definition) is 6. The summed E-state index contributed by atoms with van der Waals surface area (Å²) in [5.41, 5.74) is 0.108. The predicted molar refractivity (Wildman–Crippen MR) is 104 cm³/mol. The van der Waals surface area contributed by atoms with Gasteiger partial charge in [-0.25, -0.2) is 0 Å². The molecule has 0 radical (unpaired) electrons. The number of aromatic nitrogens is 1. The van der Waals surface area contributed by atoms with E-state index in [0.29, 0.717) is 10.9 Å². The number of nitro groups is 1. The second-order valence-electron chi connectivity index (χ2n) is 6.18. The zero-order valence-electron chi connectivity index (χ0n) is 14.8. The van der Waals surface area contributed by atoms with Crippen LogP contribution in [0.3, 0.4) is 0 Å². The van der Waals surface area contributed by atoms with Crippen LogP contribution in [0.2, 0.25) is 5.02 Å². The Morgan fingerprint density at radius 1 is 1.21 bits per heavy atom. The molecule has 0 saturated carbocycles. The van der Waals surface area contributed by atoms with Crippen molar-refractivity contribution in [3.63, 3.8) is 0 Å². The van der Waals surface area contributed by atoms with Crippen LogP contribution >= 0.6 is 11.6 Å². The molecule has 0 unspecified atom stereocenters. The molecule has 1 N–H and O–H groups in total. The molecule has 9 nitrogen and oxygen atoms in total. The molecule has 2 aromatic carbocycles. The molecule has 11 heteroatoms. The minimum absolute atomic E-state index is 0.00339. The molecule has 0 spiro atoms. The van der Waals surface area contributed by atoms with Gasteiger partial charge in [-0.2, -0.15) is 8.42 Å². The molecular weight excluding hydrogens is 408 g/mol. The molecule has 3 aromatic rings. The summed E-state index contributed by atoms with van der Waals surface area (Å²) in [6.07, 6.45) is 0. The van der Waals surface area contributed by atoms with Gasteiger partial charge in [0.15, 0.2) is 5.69 Å². The minimum atomic E-state index is -4.35. The van der Waals surface area contributed by atoms with E-state index in [1.165, 1.54) is 0 Å². The van der Waals surface area contributed by atoms with Gasteiger partial charge in [-0.3, -0.25) is 10.1 Å². The molecule has 146 valence electrons. The van der Waals surface area contributed by atoms with Gasteiger partial charge < -0.3 is 9.67 Å². The van der Waals surface area contributed by atoms with Gasteiger partial charge in [-0.05, 0) is 32.0 Å². The third-order valence-corrected chi connectivity index (χ3v) is 5.50. The lowest BCUT2D eigenvalue weighted by molar-refractivity contribution is -0.384. The Bertz CT molecular complexity index is 1220. The normalized spacial score (nSPS) is 12.3. The third-order valence-electron chi connectivity index (χ3n) is 4.04. The van der Waals surface area contributed by atoms with E-state index in [0.717, 1.165) is 18.2 Å². The number of para-hydroxylation sites is 1. The highest BCUT2D eigenvalue weighted by molar-refractivity contribution is 7.90. The van der Waals surface area contributed by atoms with Crippen LogP contribution in [0.4, 0.5) is 11.4 Å². The number of halogens is 1. The third kappa shape index (κ3) is 3.43. The minimum Gasteiger partial charge on any atom is -0.493 e. The zero-order valence-corrected chi connectivity index (χ0v) is 16.3. The van der Waals surface area contributed by atoms with Crippen molar-refractivity contribution in [2.45, 2.75) is 24.8 Å². The van der Waals surface area contributed by atoms with Crippen molar-refractivity contribution in [3.05, 3.63) is 57.6 Å². The first kappa shape index (κ1) is 19.8.